The van der Waals surface area contributed by atoms with Crippen LogP contribution in [-0.2, 0) is 9.53 Å². The molecule has 0 fully saturated rings. The first-order valence-corrected chi connectivity index (χ1v) is 8.12. The van der Waals surface area contributed by atoms with Crippen LogP contribution < -0.4 is 5.32 Å². The van der Waals surface area contributed by atoms with Gasteiger partial charge < -0.3 is 10.1 Å². The predicted molar refractivity (Wildman–Crippen MR) is 86.2 cm³/mol. The molecular weight excluding hydrogens is 306 g/mol. The second-order valence-electron chi connectivity index (χ2n) is 4.30. The Morgan fingerprint density at radius 3 is 2.62 bits per heavy atom. The molecule has 1 N–H and O–H groups in total. The van der Waals surface area contributed by atoms with Gasteiger partial charge in [0.1, 0.15) is 5.00 Å². The van der Waals surface area contributed by atoms with Crippen LogP contribution in [0.2, 0.25) is 0 Å². The van der Waals surface area contributed by atoms with Gasteiger partial charge in [0.2, 0.25) is 5.91 Å². The van der Waals surface area contributed by atoms with Crippen LogP contribution in [0.5, 0.6) is 0 Å². The van der Waals surface area contributed by atoms with Gasteiger partial charge in [0.05, 0.1) is 18.4 Å². The average Bonchev–Trinajstić information content (AvgIpc) is 2.94. The molecule has 0 unspecified atom stereocenters. The first kappa shape index (κ1) is 15.6. The molecule has 2 rings (SSSR count). The van der Waals surface area contributed by atoms with Crippen molar-refractivity contribution in [2.24, 2.45) is 0 Å². The van der Waals surface area contributed by atoms with Gasteiger partial charge in [-0.05, 0) is 30.5 Å². The maximum absolute atomic E-state index is 11.9. The molecule has 1 aromatic carbocycles. The number of anilines is 1. The highest BCUT2D eigenvalue weighted by Gasteiger charge is 2.15. The Bertz CT molecular complexity index is 635. The zero-order valence-electron chi connectivity index (χ0n) is 11.7. The van der Waals surface area contributed by atoms with Gasteiger partial charge in [0.25, 0.3) is 0 Å². The summed E-state index contributed by atoms with van der Waals surface area (Å²) in [7, 11) is 1.32. The Balaban J connectivity index is 1.92. The molecule has 21 heavy (non-hydrogen) atoms. The lowest BCUT2D eigenvalue weighted by atomic mass is 10.2. The molecule has 0 aliphatic rings. The monoisotopic (exact) mass is 321 g/mol. The lowest BCUT2D eigenvalue weighted by molar-refractivity contribution is -0.113. The van der Waals surface area contributed by atoms with Crippen molar-refractivity contribution < 1.29 is 14.3 Å². The molecule has 1 aromatic heterocycles. The number of benzene rings is 1. The average molecular weight is 321 g/mol. The molecule has 1 amide bonds. The summed E-state index contributed by atoms with van der Waals surface area (Å²) in [4.78, 5) is 24.5. The van der Waals surface area contributed by atoms with Gasteiger partial charge in [-0.3, -0.25) is 4.79 Å². The number of rotatable bonds is 5. The molecule has 0 saturated heterocycles. The fraction of sp³-hybridized carbons (Fsp3) is 0.200. The Hall–Kier alpha value is -1.79. The molecular formula is C15H15NO3S2. The summed E-state index contributed by atoms with van der Waals surface area (Å²) in [5.41, 5.74) is 1.57. The first-order chi connectivity index (χ1) is 10.1. The molecule has 6 heteroatoms. The van der Waals surface area contributed by atoms with E-state index in [0.717, 1.165) is 4.90 Å². The number of carbonyl (C=O) groups excluding carboxylic acids is 2. The van der Waals surface area contributed by atoms with Crippen LogP contribution in [0.4, 0.5) is 5.00 Å². The third-order valence-corrected chi connectivity index (χ3v) is 4.56. The third-order valence-electron chi connectivity index (χ3n) is 2.71. The van der Waals surface area contributed by atoms with E-state index in [9.17, 15) is 9.59 Å². The Morgan fingerprint density at radius 1 is 1.24 bits per heavy atom. The Kier molecular flexibility index (Phi) is 5.41. The highest BCUT2D eigenvalue weighted by molar-refractivity contribution is 8.00. The number of thioether (sulfide) groups is 1. The third kappa shape index (κ3) is 4.34. The molecule has 1 heterocycles. The number of amides is 1. The van der Waals surface area contributed by atoms with Crippen LogP contribution >= 0.6 is 23.1 Å². The van der Waals surface area contributed by atoms with Crippen molar-refractivity contribution >= 4 is 40.0 Å². The molecule has 0 aliphatic heterocycles. The van der Waals surface area contributed by atoms with Gasteiger partial charge in [-0.2, -0.15) is 0 Å². The minimum atomic E-state index is -0.447. The number of methoxy groups -OCH3 is 1. The summed E-state index contributed by atoms with van der Waals surface area (Å²) in [5.74, 6) is -0.299. The summed E-state index contributed by atoms with van der Waals surface area (Å²) in [6.45, 7) is 2.02. The van der Waals surface area contributed by atoms with Gasteiger partial charge in [0, 0.05) is 4.90 Å². The van der Waals surface area contributed by atoms with Crippen LogP contribution in [-0.4, -0.2) is 24.7 Å². The number of ether oxygens (including phenoxy) is 1. The van der Waals surface area contributed by atoms with Crippen LogP contribution in [0, 0.1) is 6.92 Å². The summed E-state index contributed by atoms with van der Waals surface area (Å²) < 4.78 is 4.67. The first-order valence-electron chi connectivity index (χ1n) is 6.25. The lowest BCUT2D eigenvalue weighted by Gasteiger charge is -2.05. The zero-order valence-corrected chi connectivity index (χ0v) is 13.3. The molecule has 0 atom stereocenters. The van der Waals surface area contributed by atoms with Crippen LogP contribution in [0.25, 0.3) is 0 Å². The quantitative estimate of drug-likeness (QED) is 0.675. The molecule has 2 aromatic rings. The van der Waals surface area contributed by atoms with E-state index in [2.05, 4.69) is 10.1 Å². The lowest BCUT2D eigenvalue weighted by Crippen LogP contribution is -2.15. The maximum atomic E-state index is 11.9. The number of esters is 1. The molecule has 0 radical (unpaired) electrons. The molecule has 0 aliphatic carbocycles. The van der Waals surface area contributed by atoms with E-state index in [1.54, 1.807) is 11.4 Å². The van der Waals surface area contributed by atoms with Crippen molar-refractivity contribution in [1.82, 2.24) is 0 Å². The topological polar surface area (TPSA) is 55.4 Å². The van der Waals surface area contributed by atoms with Crippen molar-refractivity contribution in [2.75, 3.05) is 18.2 Å². The number of nitrogens with one attached hydrogen (secondary N) is 1. The van der Waals surface area contributed by atoms with Gasteiger partial charge in [0.15, 0.2) is 0 Å². The smallest absolute Gasteiger partial charge is 0.340 e. The van der Waals surface area contributed by atoms with Crippen molar-refractivity contribution in [1.29, 1.82) is 0 Å². The van der Waals surface area contributed by atoms with Crippen molar-refractivity contribution in [3.05, 3.63) is 46.8 Å². The molecule has 110 valence electrons. The van der Waals surface area contributed by atoms with Gasteiger partial charge in [-0.15, -0.1) is 23.1 Å². The number of hydrogen-bond acceptors (Lipinski definition) is 5. The zero-order chi connectivity index (χ0) is 15.2. The largest absolute Gasteiger partial charge is 0.465 e. The SMILES string of the molecule is COC(=O)c1ccsc1NC(=O)CSc1ccc(C)cc1. The maximum Gasteiger partial charge on any atom is 0.340 e. The van der Waals surface area contributed by atoms with E-state index >= 15 is 0 Å². The van der Waals surface area contributed by atoms with E-state index in [0.29, 0.717) is 16.3 Å². The number of aryl methyl sites for hydroxylation is 1. The van der Waals surface area contributed by atoms with E-state index < -0.39 is 5.97 Å². The minimum Gasteiger partial charge on any atom is -0.465 e. The van der Waals surface area contributed by atoms with E-state index in [1.807, 2.05) is 31.2 Å². The van der Waals surface area contributed by atoms with E-state index in [-0.39, 0.29) is 5.91 Å². The number of hydrogen-bond donors (Lipinski definition) is 1. The standard InChI is InChI=1S/C15H15NO3S2/c1-10-3-5-11(6-4-10)21-9-13(17)16-14-12(7-8-20-14)15(18)19-2/h3-8H,9H2,1-2H3,(H,16,17). The van der Waals surface area contributed by atoms with Crippen LogP contribution in [0.3, 0.4) is 0 Å². The predicted octanol–water partition coefficient (Wildman–Crippen LogP) is 3.57. The molecule has 0 bridgehead atoms. The highest BCUT2D eigenvalue weighted by Crippen LogP contribution is 2.25. The molecule has 4 nitrogen and oxygen atoms in total. The fourth-order valence-corrected chi connectivity index (χ4v) is 3.11. The van der Waals surface area contributed by atoms with Crippen LogP contribution in [0.15, 0.2) is 40.6 Å². The van der Waals surface area contributed by atoms with E-state index in [4.69, 9.17) is 0 Å². The van der Waals surface area contributed by atoms with Gasteiger partial charge in [-0.1, -0.05) is 17.7 Å². The summed E-state index contributed by atoms with van der Waals surface area (Å²) in [6.07, 6.45) is 0. The van der Waals surface area contributed by atoms with Crippen molar-refractivity contribution in [3.63, 3.8) is 0 Å². The summed E-state index contributed by atoms with van der Waals surface area (Å²) >= 11 is 2.76. The normalized spacial score (nSPS) is 10.2. The second-order valence-corrected chi connectivity index (χ2v) is 6.27. The fourth-order valence-electron chi connectivity index (χ4n) is 1.62. The number of thiophene rings is 1. The number of carbonyl (C=O) groups is 2. The second kappa shape index (κ2) is 7.28. The van der Waals surface area contributed by atoms with Crippen molar-refractivity contribution in [3.8, 4) is 0 Å². The molecule has 0 saturated carbocycles. The highest BCUT2D eigenvalue weighted by atomic mass is 32.2. The minimum absolute atomic E-state index is 0.145. The Morgan fingerprint density at radius 2 is 1.95 bits per heavy atom. The summed E-state index contributed by atoms with van der Waals surface area (Å²) in [6, 6.07) is 9.62. The summed E-state index contributed by atoms with van der Waals surface area (Å²) in [5, 5.41) is 5.01. The van der Waals surface area contributed by atoms with Crippen molar-refractivity contribution in [2.45, 2.75) is 11.8 Å². The Labute approximate surface area is 131 Å². The van der Waals surface area contributed by atoms with Crippen LogP contribution in [0.1, 0.15) is 15.9 Å². The van der Waals surface area contributed by atoms with E-state index in [1.165, 1.54) is 35.8 Å². The van der Waals surface area contributed by atoms with Gasteiger partial charge in [-0.25, -0.2) is 4.79 Å². The molecule has 0 spiro atoms. The van der Waals surface area contributed by atoms with Gasteiger partial charge >= 0.3 is 5.97 Å².